The predicted molar refractivity (Wildman–Crippen MR) is 180 cm³/mol. The van der Waals surface area contributed by atoms with Crippen LogP contribution in [0.4, 0.5) is 0 Å². The van der Waals surface area contributed by atoms with Gasteiger partial charge in [-0.05, 0) is 53.3 Å². The van der Waals surface area contributed by atoms with Crippen molar-refractivity contribution < 1.29 is 38.0 Å². The van der Waals surface area contributed by atoms with Crippen LogP contribution in [0.3, 0.4) is 0 Å². The van der Waals surface area contributed by atoms with Crippen molar-refractivity contribution in [3.63, 3.8) is 0 Å². The maximum Gasteiger partial charge on any atom is 0.338 e. The van der Waals surface area contributed by atoms with Crippen LogP contribution in [0.15, 0.2) is 110 Å². The number of hydrogen-bond donors (Lipinski definition) is 0. The molecule has 2 aromatic carbocycles. The molecule has 238 valence electrons. The van der Waals surface area contributed by atoms with Crippen molar-refractivity contribution >= 4 is 44.3 Å². The van der Waals surface area contributed by atoms with Gasteiger partial charge in [-0.3, -0.25) is 0 Å². The number of allylic oxidation sites excluding steroid dienone is 4. The summed E-state index contributed by atoms with van der Waals surface area (Å²) in [5, 5.41) is 1.63. The van der Waals surface area contributed by atoms with Crippen LogP contribution in [0.25, 0.3) is 10.8 Å². The molecule has 2 aromatic rings. The molecule has 2 heterocycles. The Hall–Kier alpha value is -3.38. The minimum Gasteiger partial charge on any atom is -0.458 e. The van der Waals surface area contributed by atoms with E-state index in [-0.39, 0.29) is 24.9 Å². The Kier molecular flexibility index (Phi) is 14.2. The first-order chi connectivity index (χ1) is 22.0. The average molecular weight is 651 g/mol. The third-order valence-electron chi connectivity index (χ3n) is 6.63. The molecule has 2 fully saturated rings. The zero-order chi connectivity index (χ0) is 31.7. The van der Waals surface area contributed by atoms with Crippen LogP contribution in [0.5, 0.6) is 0 Å². The molecule has 8 nitrogen and oxygen atoms in total. The molecule has 0 atom stereocenters. The van der Waals surface area contributed by atoms with Crippen molar-refractivity contribution in [2.24, 2.45) is 5.41 Å². The Morgan fingerprint density at radius 2 is 1.22 bits per heavy atom. The summed E-state index contributed by atoms with van der Waals surface area (Å²) in [6.07, 6.45) is 17.6. The van der Waals surface area contributed by atoms with Crippen LogP contribution < -0.4 is 0 Å². The minimum absolute atomic E-state index is 0.110. The molecule has 0 amide bonds. The van der Waals surface area contributed by atoms with Gasteiger partial charge in [-0.1, -0.05) is 82.8 Å². The van der Waals surface area contributed by atoms with Crippen LogP contribution in [0.2, 0.25) is 0 Å². The third-order valence-corrected chi connectivity index (χ3v) is 8.82. The lowest BCUT2D eigenvalue weighted by atomic mass is 9.91. The topological polar surface area (TPSA) is 89.5 Å². The standard InChI is InChI=1S/C35H38O8S2/c1-3-17-38-33(36)29-15-13-28-22-30(16-14-27(28)21-29)34(37)39-18-9-5-7-11-31-40-23-35(24-41-31)25-42-32(43-26-35)12-8-6-10-20-45-44-19-4-2/h3-16,21-22,31-32H,1-2,17-20,23-26H2/b9-5+,10-6+,11-7+,12-8+. The molecule has 0 saturated carbocycles. The van der Waals surface area contributed by atoms with Gasteiger partial charge in [0.15, 0.2) is 12.6 Å². The van der Waals surface area contributed by atoms with E-state index in [1.807, 2.05) is 24.3 Å². The summed E-state index contributed by atoms with van der Waals surface area (Å²) in [5.41, 5.74) is 0.532. The van der Waals surface area contributed by atoms with E-state index in [2.05, 4.69) is 19.2 Å². The van der Waals surface area contributed by atoms with Gasteiger partial charge >= 0.3 is 11.9 Å². The summed E-state index contributed by atoms with van der Waals surface area (Å²) < 4.78 is 33.9. The predicted octanol–water partition coefficient (Wildman–Crippen LogP) is 6.86. The Balaban J connectivity index is 1.12. The molecule has 0 N–H and O–H groups in total. The van der Waals surface area contributed by atoms with Gasteiger partial charge in [0.25, 0.3) is 0 Å². The zero-order valence-corrected chi connectivity index (χ0v) is 26.7. The average Bonchev–Trinajstić information content (AvgIpc) is 3.07. The van der Waals surface area contributed by atoms with Gasteiger partial charge in [-0.15, -0.1) is 6.58 Å². The lowest BCUT2D eigenvalue weighted by Crippen LogP contribution is -2.51. The third kappa shape index (κ3) is 11.2. The number of hydrogen-bond acceptors (Lipinski definition) is 10. The van der Waals surface area contributed by atoms with Crippen molar-refractivity contribution in [3.05, 3.63) is 121 Å². The van der Waals surface area contributed by atoms with Crippen LogP contribution in [-0.2, 0) is 28.4 Å². The highest BCUT2D eigenvalue weighted by molar-refractivity contribution is 8.76. The van der Waals surface area contributed by atoms with Crippen molar-refractivity contribution in [1.82, 2.24) is 0 Å². The van der Waals surface area contributed by atoms with E-state index in [9.17, 15) is 9.59 Å². The fourth-order valence-corrected chi connectivity index (χ4v) is 5.87. The Morgan fingerprint density at radius 3 is 1.76 bits per heavy atom. The molecule has 45 heavy (non-hydrogen) atoms. The SMILES string of the molecule is C=CCOC(=O)c1ccc2cc(C(=O)OC/C=C/C=C/C3OCC4(CO3)COC(/C=C/C=C/CSSCC=C)OC4)ccc2c1. The van der Waals surface area contributed by atoms with E-state index in [0.29, 0.717) is 37.6 Å². The summed E-state index contributed by atoms with van der Waals surface area (Å²) in [6, 6.07) is 10.3. The molecule has 1 spiro atoms. The molecule has 0 radical (unpaired) electrons. The molecule has 4 rings (SSSR count). The Bertz CT molecular complexity index is 1410. The molecule has 0 unspecified atom stereocenters. The van der Waals surface area contributed by atoms with Gasteiger partial charge < -0.3 is 28.4 Å². The van der Waals surface area contributed by atoms with E-state index in [4.69, 9.17) is 28.4 Å². The van der Waals surface area contributed by atoms with Crippen LogP contribution in [-0.4, -0.2) is 75.7 Å². The second kappa shape index (κ2) is 18.6. The van der Waals surface area contributed by atoms with E-state index in [0.717, 1.165) is 22.3 Å². The van der Waals surface area contributed by atoms with E-state index in [1.54, 1.807) is 82.3 Å². The highest BCUT2D eigenvalue weighted by atomic mass is 33.1. The molecular formula is C35H38O8S2. The van der Waals surface area contributed by atoms with Gasteiger partial charge in [0, 0.05) is 11.5 Å². The summed E-state index contributed by atoms with van der Waals surface area (Å²) in [6.45, 7) is 9.41. The molecule has 2 aliphatic heterocycles. The maximum atomic E-state index is 12.5. The molecule has 0 aromatic heterocycles. The minimum atomic E-state index is -0.477. The van der Waals surface area contributed by atoms with Crippen LogP contribution in [0.1, 0.15) is 20.7 Å². The number of esters is 2. The second-order valence-corrected chi connectivity index (χ2v) is 12.8. The number of carbonyl (C=O) groups excluding carboxylic acids is 2. The van der Waals surface area contributed by atoms with Crippen molar-refractivity contribution in [2.75, 3.05) is 51.1 Å². The van der Waals surface area contributed by atoms with Gasteiger partial charge in [-0.2, -0.15) is 0 Å². The molecule has 0 aliphatic carbocycles. The quantitative estimate of drug-likeness (QED) is 0.0669. The highest BCUT2D eigenvalue weighted by Gasteiger charge is 2.41. The largest absolute Gasteiger partial charge is 0.458 e. The monoisotopic (exact) mass is 650 g/mol. The first kappa shape index (κ1) is 34.5. The number of carbonyl (C=O) groups is 2. The van der Waals surface area contributed by atoms with Gasteiger partial charge in [0.2, 0.25) is 0 Å². The maximum absolute atomic E-state index is 12.5. The smallest absolute Gasteiger partial charge is 0.338 e. The number of fused-ring (bicyclic) bond motifs is 1. The lowest BCUT2D eigenvalue weighted by Gasteiger charge is -2.42. The molecular weight excluding hydrogens is 613 g/mol. The van der Waals surface area contributed by atoms with Gasteiger partial charge in [-0.25, -0.2) is 9.59 Å². The summed E-state index contributed by atoms with van der Waals surface area (Å²) in [7, 11) is 3.56. The van der Waals surface area contributed by atoms with Crippen molar-refractivity contribution in [3.8, 4) is 0 Å². The normalized spacial score (nSPS) is 22.1. The van der Waals surface area contributed by atoms with E-state index in [1.165, 1.54) is 6.08 Å². The Labute approximate surface area is 272 Å². The lowest BCUT2D eigenvalue weighted by molar-refractivity contribution is -0.282. The number of ether oxygens (including phenoxy) is 6. The Morgan fingerprint density at radius 1 is 0.711 bits per heavy atom. The van der Waals surface area contributed by atoms with E-state index >= 15 is 0 Å². The van der Waals surface area contributed by atoms with E-state index < -0.39 is 18.2 Å². The summed E-state index contributed by atoms with van der Waals surface area (Å²) >= 11 is 0. The fraction of sp³-hybridized carbons (Fsp3) is 0.314. The fourth-order valence-electron chi connectivity index (χ4n) is 4.29. The van der Waals surface area contributed by atoms with Crippen LogP contribution >= 0.6 is 21.6 Å². The molecule has 2 saturated heterocycles. The summed E-state index contributed by atoms with van der Waals surface area (Å²) in [4.78, 5) is 24.6. The number of benzene rings is 2. The summed E-state index contributed by atoms with van der Waals surface area (Å²) in [5.74, 6) is 1.01. The molecule has 2 aliphatic rings. The van der Waals surface area contributed by atoms with Gasteiger partial charge in [0.05, 0.1) is 43.0 Å². The number of rotatable bonds is 15. The highest BCUT2D eigenvalue weighted by Crippen LogP contribution is 2.30. The molecule has 0 bridgehead atoms. The second-order valence-electron chi connectivity index (χ2n) is 10.2. The first-order valence-corrected chi connectivity index (χ1v) is 17.0. The van der Waals surface area contributed by atoms with Gasteiger partial charge in [0.1, 0.15) is 13.2 Å². The molecule has 10 heteroatoms. The first-order valence-electron chi connectivity index (χ1n) is 14.5. The van der Waals surface area contributed by atoms with Crippen molar-refractivity contribution in [2.45, 2.75) is 12.6 Å². The zero-order valence-electron chi connectivity index (χ0n) is 25.0. The van der Waals surface area contributed by atoms with Crippen LogP contribution in [0, 0.1) is 5.41 Å². The van der Waals surface area contributed by atoms with Crippen molar-refractivity contribution in [1.29, 1.82) is 0 Å².